The molecule has 29 heavy (non-hydrogen) atoms. The Kier molecular flexibility index (Phi) is 6.65. The van der Waals surface area contributed by atoms with Crippen LogP contribution in [0.5, 0.6) is 0 Å². The number of aryl methyl sites for hydroxylation is 1. The van der Waals surface area contributed by atoms with Crippen LogP contribution in [0.15, 0.2) is 41.1 Å². The second-order valence-electron chi connectivity index (χ2n) is 8.52. The molecule has 1 saturated heterocycles. The van der Waals surface area contributed by atoms with E-state index in [2.05, 4.69) is 29.6 Å². The molecule has 1 aromatic carbocycles. The second-order valence-corrected chi connectivity index (χ2v) is 9.30. The minimum Gasteiger partial charge on any atom is -0.356 e. The molecule has 4 rings (SSSR count). The standard InChI is InChI=1S/C24H30N2O2S/c27-23(25-16-21-5-6-21)8-7-18-1-3-19(4-2-18)15-20-9-12-26(13-10-20)24(28)22-11-14-29-17-22/h1-4,11,14,17,20-21H,5-10,12-13,15-16H2,(H,25,27). The van der Waals surface area contributed by atoms with Crippen molar-refractivity contribution in [3.63, 3.8) is 0 Å². The molecule has 1 saturated carbocycles. The van der Waals surface area contributed by atoms with Gasteiger partial charge in [-0.25, -0.2) is 0 Å². The maximum atomic E-state index is 12.5. The van der Waals surface area contributed by atoms with Crippen molar-refractivity contribution in [2.75, 3.05) is 19.6 Å². The quantitative estimate of drug-likeness (QED) is 0.705. The summed E-state index contributed by atoms with van der Waals surface area (Å²) >= 11 is 1.58. The molecule has 2 heterocycles. The first-order valence-electron chi connectivity index (χ1n) is 10.8. The highest BCUT2D eigenvalue weighted by molar-refractivity contribution is 7.08. The Hall–Kier alpha value is -2.14. The predicted molar refractivity (Wildman–Crippen MR) is 117 cm³/mol. The van der Waals surface area contributed by atoms with Crippen molar-refractivity contribution in [2.45, 2.75) is 44.9 Å². The van der Waals surface area contributed by atoms with Crippen molar-refractivity contribution in [3.8, 4) is 0 Å². The number of benzene rings is 1. The molecule has 0 atom stereocenters. The average Bonchev–Trinajstić information content (AvgIpc) is 3.42. The number of carbonyl (C=O) groups is 2. The molecule has 1 aromatic heterocycles. The minimum atomic E-state index is 0.171. The Morgan fingerprint density at radius 3 is 2.34 bits per heavy atom. The Morgan fingerprint density at radius 2 is 1.69 bits per heavy atom. The number of piperidine rings is 1. The zero-order valence-corrected chi connectivity index (χ0v) is 17.8. The monoisotopic (exact) mass is 410 g/mol. The summed E-state index contributed by atoms with van der Waals surface area (Å²) in [5.74, 6) is 1.72. The number of hydrogen-bond acceptors (Lipinski definition) is 3. The van der Waals surface area contributed by atoms with Crippen molar-refractivity contribution in [1.29, 1.82) is 0 Å². The molecule has 0 spiro atoms. The number of thiophene rings is 1. The third kappa shape index (κ3) is 5.92. The molecule has 154 valence electrons. The summed E-state index contributed by atoms with van der Waals surface area (Å²) < 4.78 is 0. The summed E-state index contributed by atoms with van der Waals surface area (Å²) in [5, 5.41) is 6.93. The predicted octanol–water partition coefficient (Wildman–Crippen LogP) is 4.30. The van der Waals surface area contributed by atoms with Crippen molar-refractivity contribution < 1.29 is 9.59 Å². The number of hydrogen-bond donors (Lipinski definition) is 1. The molecule has 0 radical (unpaired) electrons. The zero-order chi connectivity index (χ0) is 20.1. The lowest BCUT2D eigenvalue weighted by Crippen LogP contribution is -2.38. The van der Waals surface area contributed by atoms with Crippen molar-refractivity contribution in [1.82, 2.24) is 10.2 Å². The maximum absolute atomic E-state index is 12.5. The largest absolute Gasteiger partial charge is 0.356 e. The first-order chi connectivity index (χ1) is 14.2. The van der Waals surface area contributed by atoms with Gasteiger partial charge in [0.15, 0.2) is 0 Å². The summed E-state index contributed by atoms with van der Waals surface area (Å²) in [6.45, 7) is 2.57. The van der Waals surface area contributed by atoms with Crippen LogP contribution in [0.4, 0.5) is 0 Å². The van der Waals surface area contributed by atoms with Crippen LogP contribution in [0, 0.1) is 11.8 Å². The molecular formula is C24H30N2O2S. The normalized spacial score (nSPS) is 17.3. The molecule has 0 unspecified atom stereocenters. The summed E-state index contributed by atoms with van der Waals surface area (Å²) in [4.78, 5) is 26.3. The van der Waals surface area contributed by atoms with Gasteiger partial charge in [0.25, 0.3) is 5.91 Å². The van der Waals surface area contributed by atoms with Gasteiger partial charge in [0.2, 0.25) is 5.91 Å². The van der Waals surface area contributed by atoms with Gasteiger partial charge >= 0.3 is 0 Å². The average molecular weight is 411 g/mol. The van der Waals surface area contributed by atoms with Crippen LogP contribution in [0.1, 0.15) is 53.6 Å². The third-order valence-corrected chi connectivity index (χ3v) is 6.83. The fourth-order valence-corrected chi connectivity index (χ4v) is 4.64. The van der Waals surface area contributed by atoms with Crippen molar-refractivity contribution >= 4 is 23.2 Å². The Morgan fingerprint density at radius 1 is 0.966 bits per heavy atom. The summed E-state index contributed by atoms with van der Waals surface area (Å²) in [6, 6.07) is 10.7. The van der Waals surface area contributed by atoms with Gasteiger partial charge in [-0.1, -0.05) is 24.3 Å². The van der Waals surface area contributed by atoms with E-state index in [1.807, 2.05) is 21.7 Å². The van der Waals surface area contributed by atoms with Gasteiger partial charge in [-0.2, -0.15) is 11.3 Å². The highest BCUT2D eigenvalue weighted by Crippen LogP contribution is 2.27. The van der Waals surface area contributed by atoms with E-state index in [1.165, 1.54) is 24.0 Å². The molecule has 5 heteroatoms. The Bertz CT molecular complexity index is 804. The molecule has 2 amide bonds. The molecule has 1 aliphatic carbocycles. The third-order valence-electron chi connectivity index (χ3n) is 6.14. The van der Waals surface area contributed by atoms with Gasteiger partial charge in [0, 0.05) is 31.4 Å². The Balaban J connectivity index is 1.18. The lowest BCUT2D eigenvalue weighted by molar-refractivity contribution is -0.121. The summed E-state index contributed by atoms with van der Waals surface area (Å²) in [7, 11) is 0. The van der Waals surface area contributed by atoms with Crippen LogP contribution < -0.4 is 5.32 Å². The molecule has 4 nitrogen and oxygen atoms in total. The number of rotatable bonds is 8. The van der Waals surface area contributed by atoms with Gasteiger partial charge in [-0.15, -0.1) is 0 Å². The second kappa shape index (κ2) is 9.57. The number of likely N-dealkylation sites (tertiary alicyclic amines) is 1. The van der Waals surface area contributed by atoms with E-state index < -0.39 is 0 Å². The first kappa shape index (κ1) is 20.1. The maximum Gasteiger partial charge on any atom is 0.254 e. The summed E-state index contributed by atoms with van der Waals surface area (Å²) in [5.41, 5.74) is 3.41. The van der Waals surface area contributed by atoms with E-state index in [0.29, 0.717) is 12.3 Å². The van der Waals surface area contributed by atoms with Crippen LogP contribution in [0.3, 0.4) is 0 Å². The van der Waals surface area contributed by atoms with E-state index in [0.717, 1.165) is 56.8 Å². The van der Waals surface area contributed by atoms with Gasteiger partial charge in [-0.3, -0.25) is 9.59 Å². The van der Waals surface area contributed by atoms with Crippen LogP contribution in [-0.4, -0.2) is 36.3 Å². The highest BCUT2D eigenvalue weighted by atomic mass is 32.1. The first-order valence-corrected chi connectivity index (χ1v) is 11.8. The lowest BCUT2D eigenvalue weighted by Gasteiger charge is -2.32. The topological polar surface area (TPSA) is 49.4 Å². The van der Waals surface area contributed by atoms with Crippen LogP contribution >= 0.6 is 11.3 Å². The number of carbonyl (C=O) groups excluding carboxylic acids is 2. The molecular weight excluding hydrogens is 380 g/mol. The summed E-state index contributed by atoms with van der Waals surface area (Å²) in [6.07, 6.45) is 7.13. The fraction of sp³-hybridized carbons (Fsp3) is 0.500. The van der Waals surface area contributed by atoms with E-state index in [9.17, 15) is 9.59 Å². The number of nitrogens with zero attached hydrogens (tertiary/aromatic N) is 1. The van der Waals surface area contributed by atoms with Gasteiger partial charge in [-0.05, 0) is 72.9 Å². The molecule has 2 aliphatic rings. The number of amides is 2. The fourth-order valence-electron chi connectivity index (χ4n) is 4.01. The molecule has 2 fully saturated rings. The van der Waals surface area contributed by atoms with Crippen LogP contribution in [0.25, 0.3) is 0 Å². The van der Waals surface area contributed by atoms with Gasteiger partial charge < -0.3 is 10.2 Å². The van der Waals surface area contributed by atoms with E-state index in [-0.39, 0.29) is 11.8 Å². The van der Waals surface area contributed by atoms with Gasteiger partial charge in [0.1, 0.15) is 0 Å². The molecule has 1 N–H and O–H groups in total. The minimum absolute atomic E-state index is 0.171. The van der Waals surface area contributed by atoms with Crippen LogP contribution in [-0.2, 0) is 17.6 Å². The van der Waals surface area contributed by atoms with Crippen LogP contribution in [0.2, 0.25) is 0 Å². The van der Waals surface area contributed by atoms with Crippen molar-refractivity contribution in [2.24, 2.45) is 11.8 Å². The number of nitrogens with one attached hydrogen (secondary N) is 1. The molecule has 2 aromatic rings. The Labute approximate surface area is 177 Å². The zero-order valence-electron chi connectivity index (χ0n) is 16.9. The van der Waals surface area contributed by atoms with Gasteiger partial charge in [0.05, 0.1) is 5.56 Å². The molecule has 0 bridgehead atoms. The lowest BCUT2D eigenvalue weighted by atomic mass is 9.89. The van der Waals surface area contributed by atoms with E-state index >= 15 is 0 Å². The van der Waals surface area contributed by atoms with E-state index in [4.69, 9.17) is 0 Å². The van der Waals surface area contributed by atoms with Crippen molar-refractivity contribution in [3.05, 3.63) is 57.8 Å². The molecule has 1 aliphatic heterocycles. The SMILES string of the molecule is O=C(CCc1ccc(CC2CCN(C(=O)c3ccsc3)CC2)cc1)NCC1CC1. The smallest absolute Gasteiger partial charge is 0.254 e. The highest BCUT2D eigenvalue weighted by Gasteiger charge is 2.24. The van der Waals surface area contributed by atoms with E-state index in [1.54, 1.807) is 11.3 Å².